The third kappa shape index (κ3) is 3.55. The molecule has 0 N–H and O–H groups in total. The summed E-state index contributed by atoms with van der Waals surface area (Å²) < 4.78 is 12.5. The normalized spacial score (nSPS) is 18.9. The number of hydrogen-bond acceptors (Lipinski definition) is 6. The summed E-state index contributed by atoms with van der Waals surface area (Å²) in [6.45, 7) is 5.21. The van der Waals surface area contributed by atoms with Crippen LogP contribution in [0, 0.1) is 15.3 Å². The van der Waals surface area contributed by atoms with Crippen LogP contribution in [0.3, 0.4) is 0 Å². The smallest absolute Gasteiger partial charge is 0.285 e. The van der Waals surface area contributed by atoms with Crippen LogP contribution in [0.15, 0.2) is 42.6 Å². The van der Waals surface area contributed by atoms with Crippen LogP contribution in [0.25, 0.3) is 0 Å². The molecule has 0 saturated heterocycles. The number of nitro benzene ring substituents is 1. The van der Waals surface area contributed by atoms with Gasteiger partial charge in [-0.3, -0.25) is 10.1 Å². The molecule has 1 unspecified atom stereocenters. The Morgan fingerprint density at radius 1 is 1.38 bits per heavy atom. The minimum absolute atomic E-state index is 0.0587. The first-order valence-electron chi connectivity index (χ1n) is 8.44. The number of benzene rings is 1. The van der Waals surface area contributed by atoms with E-state index in [9.17, 15) is 15.3 Å². The van der Waals surface area contributed by atoms with Gasteiger partial charge in [0.15, 0.2) is 17.0 Å². The van der Waals surface area contributed by atoms with E-state index < -0.39 is 10.5 Å². The van der Waals surface area contributed by atoms with Crippen molar-refractivity contribution >= 4 is 17.2 Å². The van der Waals surface area contributed by atoms with Gasteiger partial charge in [-0.15, -0.1) is 0 Å². The van der Waals surface area contributed by atoms with Gasteiger partial charge in [0.1, 0.15) is 6.54 Å². The Kier molecular flexibility index (Phi) is 4.94. The monoisotopic (exact) mass is 359 g/mol. The Balaban J connectivity index is 2.04. The third-order valence-electron chi connectivity index (χ3n) is 4.13. The minimum Gasteiger partial charge on any atom is -0.711 e. The van der Waals surface area contributed by atoms with E-state index in [2.05, 4.69) is 0 Å². The maximum Gasteiger partial charge on any atom is 0.285 e. The lowest BCUT2D eigenvalue weighted by Gasteiger charge is -2.38. The fourth-order valence-electron chi connectivity index (χ4n) is 2.97. The molecule has 26 heavy (non-hydrogen) atoms. The molecule has 8 heteroatoms. The maximum atomic E-state index is 12.3. The van der Waals surface area contributed by atoms with E-state index >= 15 is 0 Å². The predicted molar refractivity (Wildman–Crippen MR) is 95.6 cm³/mol. The Morgan fingerprint density at radius 3 is 2.88 bits per heavy atom. The summed E-state index contributed by atoms with van der Waals surface area (Å²) in [7, 11) is 0. The van der Waals surface area contributed by atoms with E-state index in [-0.39, 0.29) is 5.69 Å². The van der Waals surface area contributed by atoms with Crippen LogP contribution in [-0.4, -0.2) is 30.3 Å². The van der Waals surface area contributed by atoms with E-state index in [1.54, 1.807) is 29.2 Å². The Bertz CT molecular complexity index is 813. The minimum atomic E-state index is -0.693. The number of non-ortho nitro benzene ring substituents is 1. The highest BCUT2D eigenvalue weighted by Crippen LogP contribution is 2.42. The first kappa shape index (κ1) is 17.9. The molecule has 138 valence electrons. The van der Waals surface area contributed by atoms with Crippen molar-refractivity contribution in [1.29, 1.82) is 0 Å². The second-order valence-electron chi connectivity index (χ2n) is 6.48. The molecule has 0 radical (unpaired) electrons. The largest absolute Gasteiger partial charge is 0.711 e. The highest BCUT2D eigenvalue weighted by Gasteiger charge is 2.42. The fraction of sp³-hybridized carbons (Fsp3) is 0.389. The van der Waals surface area contributed by atoms with Crippen molar-refractivity contribution in [2.45, 2.75) is 25.9 Å². The van der Waals surface area contributed by atoms with Gasteiger partial charge >= 0.3 is 0 Å². The van der Waals surface area contributed by atoms with Crippen molar-refractivity contribution in [1.82, 2.24) is 0 Å². The van der Waals surface area contributed by atoms with Crippen LogP contribution in [0.4, 0.5) is 17.2 Å². The molecule has 3 rings (SSSR count). The summed E-state index contributed by atoms with van der Waals surface area (Å²) in [4.78, 5) is 12.4. The summed E-state index contributed by atoms with van der Waals surface area (Å²) >= 11 is 0. The molecular weight excluding hydrogens is 338 g/mol. The van der Waals surface area contributed by atoms with Crippen LogP contribution < -0.4 is 14.4 Å². The van der Waals surface area contributed by atoms with Gasteiger partial charge in [0.2, 0.25) is 0 Å². The summed E-state index contributed by atoms with van der Waals surface area (Å²) in [6.07, 6.45) is 2.29. The van der Waals surface area contributed by atoms with E-state index in [1.807, 2.05) is 13.8 Å². The molecule has 0 amide bonds. The van der Waals surface area contributed by atoms with E-state index in [0.29, 0.717) is 37.0 Å². The molecule has 0 spiro atoms. The Hall–Kier alpha value is -2.87. The molecule has 0 bridgehead atoms. The molecule has 1 atom stereocenters. The van der Waals surface area contributed by atoms with Crippen LogP contribution in [-0.2, 0) is 4.74 Å². The van der Waals surface area contributed by atoms with Crippen LogP contribution in [0.1, 0.15) is 20.3 Å². The zero-order valence-corrected chi connectivity index (χ0v) is 14.8. The van der Waals surface area contributed by atoms with Gasteiger partial charge in [0.05, 0.1) is 23.8 Å². The van der Waals surface area contributed by atoms with Crippen LogP contribution >= 0.6 is 0 Å². The number of hydrogen-bond donors (Lipinski definition) is 0. The van der Waals surface area contributed by atoms with Crippen LogP contribution in [0.2, 0.25) is 0 Å². The lowest BCUT2D eigenvalue weighted by Crippen LogP contribution is -2.52. The average molecular weight is 359 g/mol. The zero-order chi connectivity index (χ0) is 18.7. The molecule has 1 aromatic carbocycles. The number of nitrogens with zero attached hydrogens (tertiary/aromatic N) is 3. The van der Waals surface area contributed by atoms with Crippen LogP contribution in [0.5, 0.6) is 5.75 Å². The van der Waals surface area contributed by atoms with Gasteiger partial charge in [-0.25, -0.2) is 9.63 Å². The molecule has 2 aromatic rings. The molecule has 0 saturated carbocycles. The number of rotatable bonds is 6. The second-order valence-corrected chi connectivity index (χ2v) is 6.48. The van der Waals surface area contributed by atoms with Crippen molar-refractivity contribution in [2.75, 3.05) is 24.7 Å². The number of anilines is 2. The summed E-state index contributed by atoms with van der Waals surface area (Å²) in [6, 6.07) is 9.45. The van der Waals surface area contributed by atoms with Gasteiger partial charge in [0.25, 0.3) is 11.5 Å². The first-order valence-corrected chi connectivity index (χ1v) is 8.44. The van der Waals surface area contributed by atoms with Gasteiger partial charge in [-0.05, 0) is 25.5 Å². The summed E-state index contributed by atoms with van der Waals surface area (Å²) in [5.74, 6) is 0.854. The lowest BCUT2D eigenvalue weighted by molar-refractivity contribution is -0.592. The second kappa shape index (κ2) is 7.17. The Labute approximate surface area is 151 Å². The van der Waals surface area contributed by atoms with Gasteiger partial charge in [-0.2, -0.15) is 0 Å². The highest BCUT2D eigenvalue weighted by molar-refractivity contribution is 5.70. The van der Waals surface area contributed by atoms with Gasteiger partial charge < -0.3 is 14.7 Å². The third-order valence-corrected chi connectivity index (χ3v) is 4.13. The van der Waals surface area contributed by atoms with Gasteiger partial charge in [-0.1, -0.05) is 13.0 Å². The number of aromatic nitrogens is 1. The van der Waals surface area contributed by atoms with Crippen molar-refractivity contribution < 1.29 is 19.1 Å². The summed E-state index contributed by atoms with van der Waals surface area (Å²) in [5.41, 5.74) is -0.263. The fourth-order valence-corrected chi connectivity index (χ4v) is 2.97. The molecule has 1 aliphatic heterocycles. The molecule has 1 aromatic heterocycles. The molecule has 0 aliphatic carbocycles. The number of nitro groups is 1. The first-order chi connectivity index (χ1) is 12.4. The standard InChI is InChI=1S/C18H21N3O5/c1-3-10-25-13-18(2)12-19(17-6-4-5-9-20(17)22)15-11-14(21(23)24)7-8-16(15)26-18/h4-9,11H,3,10,12-13H2,1-2H3. The molecule has 1 aliphatic rings. The molecular formula is C18H21N3O5. The molecule has 2 heterocycles. The van der Waals surface area contributed by atoms with Crippen molar-refractivity contribution in [2.24, 2.45) is 0 Å². The topological polar surface area (TPSA) is 91.8 Å². The maximum absolute atomic E-state index is 12.3. The predicted octanol–water partition coefficient (Wildman–Crippen LogP) is 2.94. The SMILES string of the molecule is CCCOCC1(C)CN(c2cccc[n+]2[O-])c2cc([N+](=O)[O-])ccc2O1. The van der Waals surface area contributed by atoms with E-state index in [1.165, 1.54) is 18.3 Å². The van der Waals surface area contributed by atoms with E-state index in [0.717, 1.165) is 11.2 Å². The van der Waals surface area contributed by atoms with Crippen molar-refractivity contribution in [3.8, 4) is 5.75 Å². The van der Waals surface area contributed by atoms with E-state index in [4.69, 9.17) is 9.47 Å². The molecule has 8 nitrogen and oxygen atoms in total. The van der Waals surface area contributed by atoms with Gasteiger partial charge in [0, 0.05) is 18.7 Å². The average Bonchev–Trinajstić information content (AvgIpc) is 2.61. The highest BCUT2D eigenvalue weighted by atomic mass is 16.6. The number of ether oxygens (including phenoxy) is 2. The van der Waals surface area contributed by atoms with Crippen molar-refractivity contribution in [3.63, 3.8) is 0 Å². The quantitative estimate of drug-likeness (QED) is 0.259. The molecule has 0 fully saturated rings. The summed E-state index contributed by atoms with van der Waals surface area (Å²) in [5, 5.41) is 23.4. The lowest BCUT2D eigenvalue weighted by atomic mass is 10.0. The van der Waals surface area contributed by atoms with Crippen molar-refractivity contribution in [3.05, 3.63) is 57.9 Å². The Morgan fingerprint density at radius 2 is 2.19 bits per heavy atom. The zero-order valence-electron chi connectivity index (χ0n) is 14.8. The number of fused-ring (bicyclic) bond motifs is 1. The number of pyridine rings is 1.